The van der Waals surface area contributed by atoms with Crippen LogP contribution < -0.4 is 0 Å². The predicted octanol–water partition coefficient (Wildman–Crippen LogP) is 1.82. The fourth-order valence-electron chi connectivity index (χ4n) is 1.58. The molecule has 0 spiro atoms. The van der Waals surface area contributed by atoms with Gasteiger partial charge >= 0.3 is 5.97 Å². The molecule has 1 heterocycles. The molecule has 0 unspecified atom stereocenters. The van der Waals surface area contributed by atoms with Crippen LogP contribution in [0.4, 0.5) is 0 Å². The molecule has 0 atom stereocenters. The Kier molecular flexibility index (Phi) is 3.51. The summed E-state index contributed by atoms with van der Waals surface area (Å²) in [4.78, 5) is 13.6. The molecule has 0 bridgehead atoms. The van der Waals surface area contributed by atoms with E-state index in [0.29, 0.717) is 5.69 Å². The zero-order valence-corrected chi connectivity index (χ0v) is 9.18. The average Bonchev–Trinajstić information content (AvgIpc) is 2.51. The van der Waals surface area contributed by atoms with Crippen molar-refractivity contribution in [1.29, 1.82) is 5.26 Å². The maximum atomic E-state index is 10.7. The molecule has 0 amide bonds. The van der Waals surface area contributed by atoms with E-state index >= 15 is 0 Å². The standard InChI is InChI=1S/C11H14N2O2/c1-4-9-7(2)10(5-12)13-11(9)6-15-8(3)14/h13H,4,6H2,1-3H3. The van der Waals surface area contributed by atoms with Gasteiger partial charge in [-0.05, 0) is 24.5 Å². The number of aromatic amines is 1. The maximum Gasteiger partial charge on any atom is 0.303 e. The van der Waals surface area contributed by atoms with E-state index in [0.717, 1.165) is 23.2 Å². The molecule has 1 aromatic rings. The Morgan fingerprint density at radius 1 is 1.60 bits per heavy atom. The van der Waals surface area contributed by atoms with Crippen LogP contribution in [0.5, 0.6) is 0 Å². The van der Waals surface area contributed by atoms with Gasteiger partial charge < -0.3 is 9.72 Å². The van der Waals surface area contributed by atoms with Gasteiger partial charge in [-0.1, -0.05) is 6.92 Å². The highest BCUT2D eigenvalue weighted by atomic mass is 16.5. The molecule has 1 rings (SSSR count). The number of hydrogen-bond donors (Lipinski definition) is 1. The van der Waals surface area contributed by atoms with Gasteiger partial charge in [-0.25, -0.2) is 0 Å². The molecule has 0 saturated heterocycles. The van der Waals surface area contributed by atoms with Crippen molar-refractivity contribution in [1.82, 2.24) is 4.98 Å². The lowest BCUT2D eigenvalue weighted by Crippen LogP contribution is -2.01. The number of nitrogens with one attached hydrogen (secondary N) is 1. The third-order valence-corrected chi connectivity index (χ3v) is 2.35. The van der Waals surface area contributed by atoms with E-state index in [4.69, 9.17) is 10.00 Å². The van der Waals surface area contributed by atoms with Gasteiger partial charge in [0.2, 0.25) is 0 Å². The highest BCUT2D eigenvalue weighted by Crippen LogP contribution is 2.19. The Labute approximate surface area is 88.9 Å². The van der Waals surface area contributed by atoms with Crippen molar-refractivity contribution in [2.24, 2.45) is 0 Å². The summed E-state index contributed by atoms with van der Waals surface area (Å²) in [5, 5.41) is 8.84. The van der Waals surface area contributed by atoms with Gasteiger partial charge in [0.15, 0.2) is 0 Å². The lowest BCUT2D eigenvalue weighted by molar-refractivity contribution is -0.142. The van der Waals surface area contributed by atoms with E-state index in [9.17, 15) is 4.79 Å². The molecule has 80 valence electrons. The van der Waals surface area contributed by atoms with Gasteiger partial charge in [-0.3, -0.25) is 4.79 Å². The fraction of sp³-hybridized carbons (Fsp3) is 0.455. The van der Waals surface area contributed by atoms with Crippen molar-refractivity contribution in [3.05, 3.63) is 22.5 Å². The van der Waals surface area contributed by atoms with E-state index in [1.54, 1.807) is 0 Å². The number of aromatic nitrogens is 1. The highest BCUT2D eigenvalue weighted by Gasteiger charge is 2.12. The maximum absolute atomic E-state index is 10.7. The van der Waals surface area contributed by atoms with Crippen LogP contribution in [0.3, 0.4) is 0 Å². The molecule has 1 aromatic heterocycles. The quantitative estimate of drug-likeness (QED) is 0.767. The first-order chi connectivity index (χ1) is 7.10. The van der Waals surface area contributed by atoms with Crippen LogP contribution in [0.25, 0.3) is 0 Å². The zero-order chi connectivity index (χ0) is 11.4. The van der Waals surface area contributed by atoms with Gasteiger partial charge in [0.1, 0.15) is 18.4 Å². The summed E-state index contributed by atoms with van der Waals surface area (Å²) in [6.45, 7) is 5.48. The third kappa shape index (κ3) is 2.38. The van der Waals surface area contributed by atoms with Crippen molar-refractivity contribution in [2.45, 2.75) is 33.8 Å². The number of carbonyl (C=O) groups excluding carboxylic acids is 1. The molecule has 0 aliphatic carbocycles. The lowest BCUT2D eigenvalue weighted by Gasteiger charge is -2.02. The van der Waals surface area contributed by atoms with E-state index in [1.807, 2.05) is 13.8 Å². The molecule has 0 radical (unpaired) electrons. The smallest absolute Gasteiger partial charge is 0.303 e. The minimum atomic E-state index is -0.317. The van der Waals surface area contributed by atoms with Gasteiger partial charge in [0, 0.05) is 6.92 Å². The summed E-state index contributed by atoms with van der Waals surface area (Å²) in [5.41, 5.74) is 3.38. The van der Waals surface area contributed by atoms with Gasteiger partial charge in [0.05, 0.1) is 5.69 Å². The zero-order valence-electron chi connectivity index (χ0n) is 9.18. The summed E-state index contributed by atoms with van der Waals surface area (Å²) in [5.74, 6) is -0.317. The Morgan fingerprint density at radius 2 is 2.27 bits per heavy atom. The van der Waals surface area contributed by atoms with Crippen LogP contribution in [0.15, 0.2) is 0 Å². The molecule has 0 fully saturated rings. The van der Waals surface area contributed by atoms with Crippen molar-refractivity contribution in [3.63, 3.8) is 0 Å². The number of esters is 1. The summed E-state index contributed by atoms with van der Waals surface area (Å²) in [6, 6.07) is 2.08. The summed E-state index contributed by atoms with van der Waals surface area (Å²) in [6.07, 6.45) is 0.820. The highest BCUT2D eigenvalue weighted by molar-refractivity contribution is 5.66. The summed E-state index contributed by atoms with van der Waals surface area (Å²) >= 11 is 0. The normalized spacial score (nSPS) is 9.73. The number of nitriles is 1. The molecule has 0 saturated carbocycles. The topological polar surface area (TPSA) is 65.9 Å². The number of nitrogens with zero attached hydrogens (tertiary/aromatic N) is 1. The Bertz CT molecular complexity index is 413. The Morgan fingerprint density at radius 3 is 2.73 bits per heavy atom. The SMILES string of the molecule is CCc1c(COC(C)=O)[nH]c(C#N)c1C. The largest absolute Gasteiger partial charge is 0.459 e. The van der Waals surface area contributed by atoms with Crippen LogP contribution >= 0.6 is 0 Å². The Hall–Kier alpha value is -1.76. The molecule has 4 nitrogen and oxygen atoms in total. The van der Waals surface area contributed by atoms with Crippen molar-refractivity contribution >= 4 is 5.97 Å². The first-order valence-electron chi connectivity index (χ1n) is 4.83. The van der Waals surface area contributed by atoms with Crippen LogP contribution in [0.1, 0.15) is 36.4 Å². The molecule has 0 aliphatic heterocycles. The monoisotopic (exact) mass is 206 g/mol. The van der Waals surface area contributed by atoms with Gasteiger partial charge in [0.25, 0.3) is 0 Å². The van der Waals surface area contributed by atoms with Gasteiger partial charge in [-0.15, -0.1) is 0 Å². The molecule has 4 heteroatoms. The molecule has 0 aliphatic rings. The molecule has 15 heavy (non-hydrogen) atoms. The second-order valence-corrected chi connectivity index (χ2v) is 3.33. The predicted molar refractivity (Wildman–Crippen MR) is 55.1 cm³/mol. The average molecular weight is 206 g/mol. The fourth-order valence-corrected chi connectivity index (χ4v) is 1.58. The minimum Gasteiger partial charge on any atom is -0.459 e. The summed E-state index contributed by atoms with van der Waals surface area (Å²) < 4.78 is 4.90. The minimum absolute atomic E-state index is 0.209. The second kappa shape index (κ2) is 4.65. The van der Waals surface area contributed by atoms with Crippen LogP contribution in [0.2, 0.25) is 0 Å². The molecule has 1 N–H and O–H groups in total. The number of H-pyrrole nitrogens is 1. The Balaban J connectivity index is 2.97. The number of carbonyl (C=O) groups is 1. The first-order valence-corrected chi connectivity index (χ1v) is 4.83. The van der Waals surface area contributed by atoms with E-state index < -0.39 is 0 Å². The molecule has 0 aromatic carbocycles. The van der Waals surface area contributed by atoms with E-state index in [-0.39, 0.29) is 12.6 Å². The molecular formula is C11H14N2O2. The third-order valence-electron chi connectivity index (χ3n) is 2.35. The summed E-state index contributed by atoms with van der Waals surface area (Å²) in [7, 11) is 0. The van der Waals surface area contributed by atoms with E-state index in [1.165, 1.54) is 6.92 Å². The van der Waals surface area contributed by atoms with Crippen LogP contribution in [-0.2, 0) is 22.6 Å². The number of ether oxygens (including phenoxy) is 1. The number of rotatable bonds is 3. The van der Waals surface area contributed by atoms with Crippen molar-refractivity contribution in [2.75, 3.05) is 0 Å². The lowest BCUT2D eigenvalue weighted by atomic mass is 10.1. The van der Waals surface area contributed by atoms with Crippen LogP contribution in [0, 0.1) is 18.3 Å². The van der Waals surface area contributed by atoms with Crippen molar-refractivity contribution < 1.29 is 9.53 Å². The van der Waals surface area contributed by atoms with Crippen molar-refractivity contribution in [3.8, 4) is 6.07 Å². The number of hydrogen-bond acceptors (Lipinski definition) is 3. The molecular weight excluding hydrogens is 192 g/mol. The van der Waals surface area contributed by atoms with E-state index in [2.05, 4.69) is 11.1 Å². The van der Waals surface area contributed by atoms with Crippen LogP contribution in [-0.4, -0.2) is 11.0 Å². The van der Waals surface area contributed by atoms with Gasteiger partial charge in [-0.2, -0.15) is 5.26 Å². The second-order valence-electron chi connectivity index (χ2n) is 3.33. The first kappa shape index (κ1) is 11.3.